The van der Waals surface area contributed by atoms with Crippen molar-refractivity contribution in [3.63, 3.8) is 0 Å². The number of nitrogens with zero attached hydrogens (tertiary/aromatic N) is 1. The molecule has 1 aliphatic carbocycles. The topological polar surface area (TPSA) is 32.7 Å². The maximum atomic E-state index is 12.4. The predicted molar refractivity (Wildman–Crippen MR) is 102 cm³/mol. The van der Waals surface area contributed by atoms with Crippen molar-refractivity contribution < 1.29 is 14.2 Å². The van der Waals surface area contributed by atoms with E-state index in [2.05, 4.69) is 24.0 Å². The summed E-state index contributed by atoms with van der Waals surface area (Å²) < 4.78 is 18.2. The van der Waals surface area contributed by atoms with Crippen LogP contribution in [0.5, 0.6) is 11.5 Å². The average molecular weight is 355 g/mol. The molecule has 4 rings (SSSR count). The molecular formula is C22H26FNO2. The van der Waals surface area contributed by atoms with Gasteiger partial charge < -0.3 is 9.84 Å². The molecule has 2 aliphatic rings. The Labute approximate surface area is 154 Å². The Morgan fingerprint density at radius 1 is 1.27 bits per heavy atom. The minimum Gasteiger partial charge on any atom is -0.507 e. The summed E-state index contributed by atoms with van der Waals surface area (Å²) in [6.45, 7) is 4.38. The molecule has 1 N–H and O–H groups in total. The second-order valence-corrected chi connectivity index (χ2v) is 7.25. The van der Waals surface area contributed by atoms with E-state index in [1.165, 1.54) is 16.7 Å². The Kier molecular flexibility index (Phi) is 4.86. The molecule has 3 nitrogen and oxygen atoms in total. The number of phenols is 1. The monoisotopic (exact) mass is 355 g/mol. The van der Waals surface area contributed by atoms with E-state index >= 15 is 0 Å². The van der Waals surface area contributed by atoms with E-state index in [0.29, 0.717) is 24.8 Å². The summed E-state index contributed by atoms with van der Waals surface area (Å²) in [5.41, 5.74) is 5.87. The van der Waals surface area contributed by atoms with Gasteiger partial charge >= 0.3 is 0 Å². The third kappa shape index (κ3) is 2.96. The summed E-state index contributed by atoms with van der Waals surface area (Å²) in [7, 11) is 0. The maximum absolute atomic E-state index is 12.4. The van der Waals surface area contributed by atoms with Gasteiger partial charge in [0.25, 0.3) is 0 Å². The van der Waals surface area contributed by atoms with E-state index in [0.717, 1.165) is 49.2 Å². The number of rotatable bonds is 6. The van der Waals surface area contributed by atoms with Gasteiger partial charge in [0.1, 0.15) is 11.5 Å². The van der Waals surface area contributed by atoms with E-state index in [1.54, 1.807) is 6.07 Å². The number of hydrogen-bond donors (Lipinski definition) is 1. The molecule has 1 aliphatic heterocycles. The molecule has 0 amide bonds. The van der Waals surface area contributed by atoms with Crippen molar-refractivity contribution in [3.05, 3.63) is 47.0 Å². The number of phenolic OH excluding ortho intramolecular Hbond substituents is 1. The molecule has 0 saturated heterocycles. The highest BCUT2D eigenvalue weighted by Crippen LogP contribution is 2.49. The quantitative estimate of drug-likeness (QED) is 0.765. The van der Waals surface area contributed by atoms with Crippen LogP contribution in [-0.4, -0.2) is 36.4 Å². The van der Waals surface area contributed by atoms with Gasteiger partial charge in [0.2, 0.25) is 0 Å². The molecule has 4 heteroatoms. The van der Waals surface area contributed by atoms with Crippen LogP contribution in [0.15, 0.2) is 30.3 Å². The first-order valence-corrected chi connectivity index (χ1v) is 9.63. The lowest BCUT2D eigenvalue weighted by Gasteiger charge is -2.42. The van der Waals surface area contributed by atoms with Gasteiger partial charge in [0.05, 0.1) is 13.3 Å². The molecular weight excluding hydrogens is 329 g/mol. The molecule has 1 atom stereocenters. The average Bonchev–Trinajstić information content (AvgIpc) is 2.64. The Morgan fingerprint density at radius 2 is 2.15 bits per heavy atom. The zero-order valence-corrected chi connectivity index (χ0v) is 15.3. The van der Waals surface area contributed by atoms with Crippen molar-refractivity contribution in [2.24, 2.45) is 0 Å². The molecule has 1 heterocycles. The molecule has 0 aromatic heterocycles. The third-order valence-electron chi connectivity index (χ3n) is 5.55. The van der Waals surface area contributed by atoms with Crippen LogP contribution in [-0.2, 0) is 12.8 Å². The minimum absolute atomic E-state index is 0.330. The number of benzene rings is 2. The zero-order chi connectivity index (χ0) is 18.1. The first-order chi connectivity index (χ1) is 12.7. The van der Waals surface area contributed by atoms with Gasteiger partial charge in [-0.15, -0.1) is 0 Å². The number of fused-ring (bicyclic) bond motifs is 2. The lowest BCUT2D eigenvalue weighted by atomic mass is 9.76. The lowest BCUT2D eigenvalue weighted by Crippen LogP contribution is -2.38. The van der Waals surface area contributed by atoms with Crippen LogP contribution < -0.4 is 4.74 Å². The number of aromatic hydroxyl groups is 1. The smallest absolute Gasteiger partial charge is 0.123 e. The lowest BCUT2D eigenvalue weighted by molar-refractivity contribution is 0.182. The Morgan fingerprint density at radius 3 is 2.96 bits per heavy atom. The third-order valence-corrected chi connectivity index (χ3v) is 5.55. The van der Waals surface area contributed by atoms with Crippen molar-refractivity contribution in [1.82, 2.24) is 4.90 Å². The van der Waals surface area contributed by atoms with E-state index < -0.39 is 0 Å². The first-order valence-electron chi connectivity index (χ1n) is 9.63. The highest BCUT2D eigenvalue weighted by molar-refractivity contribution is 5.81. The van der Waals surface area contributed by atoms with Crippen molar-refractivity contribution in [3.8, 4) is 22.6 Å². The molecule has 0 fully saturated rings. The van der Waals surface area contributed by atoms with Crippen LogP contribution in [0.1, 0.15) is 42.5 Å². The number of alkyl halides is 1. The SMILES string of the molecule is CCCN1CCc2cc(OCCCF)cc3c2C1Cc1cccc(O)c1-3. The van der Waals surface area contributed by atoms with Crippen molar-refractivity contribution in [1.29, 1.82) is 0 Å². The van der Waals surface area contributed by atoms with Gasteiger partial charge in [-0.25, -0.2) is 0 Å². The van der Waals surface area contributed by atoms with Crippen LogP contribution in [0.2, 0.25) is 0 Å². The van der Waals surface area contributed by atoms with E-state index in [9.17, 15) is 9.50 Å². The fraction of sp³-hybridized carbons (Fsp3) is 0.455. The molecule has 2 aromatic carbocycles. The van der Waals surface area contributed by atoms with E-state index in [-0.39, 0.29) is 6.67 Å². The van der Waals surface area contributed by atoms with Gasteiger partial charge in [-0.3, -0.25) is 9.29 Å². The largest absolute Gasteiger partial charge is 0.507 e. The molecule has 1 unspecified atom stereocenters. The first kappa shape index (κ1) is 17.3. The van der Waals surface area contributed by atoms with Crippen LogP contribution >= 0.6 is 0 Å². The summed E-state index contributed by atoms with van der Waals surface area (Å²) in [5.74, 6) is 1.11. The van der Waals surface area contributed by atoms with Crippen LogP contribution in [0.3, 0.4) is 0 Å². The number of halogens is 1. The minimum atomic E-state index is -0.366. The van der Waals surface area contributed by atoms with Crippen LogP contribution in [0.25, 0.3) is 11.1 Å². The van der Waals surface area contributed by atoms with Crippen molar-refractivity contribution in [2.45, 2.75) is 38.6 Å². The van der Waals surface area contributed by atoms with Gasteiger partial charge in [0.15, 0.2) is 0 Å². The molecule has 0 spiro atoms. The summed E-state index contributed by atoms with van der Waals surface area (Å²) in [5, 5.41) is 10.5. The summed E-state index contributed by atoms with van der Waals surface area (Å²) in [6, 6.07) is 10.3. The van der Waals surface area contributed by atoms with Crippen molar-refractivity contribution >= 4 is 0 Å². The summed E-state index contributed by atoms with van der Waals surface area (Å²) >= 11 is 0. The molecule has 138 valence electrons. The van der Waals surface area contributed by atoms with E-state index in [1.807, 2.05) is 12.1 Å². The maximum Gasteiger partial charge on any atom is 0.123 e. The summed E-state index contributed by atoms with van der Waals surface area (Å²) in [6.07, 6.45) is 3.47. The second-order valence-electron chi connectivity index (χ2n) is 7.25. The highest BCUT2D eigenvalue weighted by Gasteiger charge is 2.35. The second kappa shape index (κ2) is 7.28. The Hall–Kier alpha value is -2.07. The fourth-order valence-corrected chi connectivity index (χ4v) is 4.48. The normalized spacial score (nSPS) is 18.3. The van der Waals surface area contributed by atoms with Gasteiger partial charge in [-0.2, -0.15) is 0 Å². The molecule has 0 radical (unpaired) electrons. The Bertz CT molecular complexity index is 805. The number of ether oxygens (including phenoxy) is 1. The zero-order valence-electron chi connectivity index (χ0n) is 15.3. The van der Waals surface area contributed by atoms with Crippen molar-refractivity contribution in [2.75, 3.05) is 26.4 Å². The predicted octanol–water partition coefficient (Wildman–Crippen LogP) is 4.66. The standard InChI is InChI=1S/C22H26FNO2/c1-2-9-24-10-7-16-12-17(26-11-4-8-23)14-18-21(16)19(24)13-15-5-3-6-20(25)22(15)18/h3,5-6,12,14,19,25H,2,4,7-11,13H2,1H3. The molecule has 0 saturated carbocycles. The van der Waals surface area contributed by atoms with Gasteiger partial charge in [-0.1, -0.05) is 19.1 Å². The number of hydrogen-bond acceptors (Lipinski definition) is 3. The summed E-state index contributed by atoms with van der Waals surface area (Å²) in [4.78, 5) is 2.57. The molecule has 2 aromatic rings. The van der Waals surface area contributed by atoms with E-state index in [4.69, 9.17) is 4.74 Å². The van der Waals surface area contributed by atoms with Gasteiger partial charge in [-0.05, 0) is 66.3 Å². The molecule has 0 bridgehead atoms. The highest BCUT2D eigenvalue weighted by atomic mass is 19.1. The van der Waals surface area contributed by atoms with Crippen LogP contribution in [0.4, 0.5) is 4.39 Å². The Balaban J connectivity index is 1.83. The fourth-order valence-electron chi connectivity index (χ4n) is 4.48. The molecule has 26 heavy (non-hydrogen) atoms. The van der Waals surface area contributed by atoms with Crippen LogP contribution in [0, 0.1) is 0 Å². The van der Waals surface area contributed by atoms with Gasteiger partial charge in [0, 0.05) is 24.6 Å².